The van der Waals surface area contributed by atoms with Crippen LogP contribution in [-0.4, -0.2) is 33.9 Å². The summed E-state index contributed by atoms with van der Waals surface area (Å²) in [7, 11) is 0. The zero-order valence-electron chi connectivity index (χ0n) is 7.31. The van der Waals surface area contributed by atoms with E-state index >= 15 is 0 Å². The molecule has 1 aliphatic rings. The zero-order valence-corrected chi connectivity index (χ0v) is 7.31. The molecule has 0 radical (unpaired) electrons. The second-order valence-electron chi connectivity index (χ2n) is 3.09. The Bertz CT molecular complexity index is 293. The Labute approximate surface area is 76.6 Å². The molecule has 0 aliphatic carbocycles. The van der Waals surface area contributed by atoms with Crippen LogP contribution in [-0.2, 0) is 0 Å². The smallest absolute Gasteiger partial charge is 0.272 e. The summed E-state index contributed by atoms with van der Waals surface area (Å²) in [6.07, 6.45) is 5.22. The van der Waals surface area contributed by atoms with Gasteiger partial charge in [-0.05, 0) is 18.9 Å². The van der Waals surface area contributed by atoms with E-state index in [1.807, 2.05) is 4.90 Å². The summed E-state index contributed by atoms with van der Waals surface area (Å²) in [5, 5.41) is 0. The average Bonchev–Trinajstić information content (AvgIpc) is 2.71. The summed E-state index contributed by atoms with van der Waals surface area (Å²) < 4.78 is 0. The van der Waals surface area contributed by atoms with Gasteiger partial charge in [0.2, 0.25) is 0 Å². The predicted octanol–water partition coefficient (Wildman–Crippen LogP) is 0.713. The van der Waals surface area contributed by atoms with Crippen molar-refractivity contribution in [1.29, 1.82) is 0 Å². The Balaban J connectivity index is 2.13. The van der Waals surface area contributed by atoms with Crippen LogP contribution in [0.1, 0.15) is 23.3 Å². The molecule has 1 amide bonds. The van der Waals surface area contributed by atoms with Gasteiger partial charge in [0.05, 0.1) is 0 Å². The minimum Gasteiger partial charge on any atom is -0.337 e. The zero-order chi connectivity index (χ0) is 9.10. The van der Waals surface area contributed by atoms with Gasteiger partial charge < -0.3 is 4.90 Å². The molecule has 0 spiro atoms. The lowest BCUT2D eigenvalue weighted by Gasteiger charge is -2.13. The topological polar surface area (TPSA) is 46.1 Å². The first-order valence-corrected chi connectivity index (χ1v) is 4.43. The summed E-state index contributed by atoms with van der Waals surface area (Å²) in [5.74, 6) is 0.0277. The Morgan fingerprint density at radius 2 is 2.15 bits per heavy atom. The standard InChI is InChI=1S/C9H11N3O/c13-9(12-5-1-2-6-12)8-3-4-10-7-11-8/h3-4,7H,1-2,5-6H2. The minimum atomic E-state index is 0.0277. The van der Waals surface area contributed by atoms with E-state index in [1.54, 1.807) is 12.3 Å². The molecule has 0 aromatic carbocycles. The van der Waals surface area contributed by atoms with E-state index in [2.05, 4.69) is 9.97 Å². The molecule has 2 rings (SSSR count). The van der Waals surface area contributed by atoms with Gasteiger partial charge in [-0.15, -0.1) is 0 Å². The maximum Gasteiger partial charge on any atom is 0.272 e. The first-order valence-electron chi connectivity index (χ1n) is 4.43. The highest BCUT2D eigenvalue weighted by Crippen LogP contribution is 2.10. The van der Waals surface area contributed by atoms with E-state index in [4.69, 9.17) is 0 Å². The van der Waals surface area contributed by atoms with Crippen LogP contribution in [0.25, 0.3) is 0 Å². The van der Waals surface area contributed by atoms with Crippen molar-refractivity contribution in [3.8, 4) is 0 Å². The third-order valence-electron chi connectivity index (χ3n) is 2.19. The van der Waals surface area contributed by atoms with Crippen molar-refractivity contribution in [3.63, 3.8) is 0 Å². The number of nitrogens with zero attached hydrogens (tertiary/aromatic N) is 3. The number of hydrogen-bond acceptors (Lipinski definition) is 3. The predicted molar refractivity (Wildman–Crippen MR) is 47.2 cm³/mol. The normalized spacial score (nSPS) is 16.2. The van der Waals surface area contributed by atoms with Crippen molar-refractivity contribution in [3.05, 3.63) is 24.3 Å². The van der Waals surface area contributed by atoms with Crippen LogP contribution in [0.3, 0.4) is 0 Å². The highest BCUT2D eigenvalue weighted by atomic mass is 16.2. The van der Waals surface area contributed by atoms with Gasteiger partial charge in [-0.25, -0.2) is 9.97 Å². The molecule has 0 atom stereocenters. The van der Waals surface area contributed by atoms with Gasteiger partial charge in [-0.2, -0.15) is 0 Å². The van der Waals surface area contributed by atoms with Crippen LogP contribution in [0.15, 0.2) is 18.6 Å². The molecule has 68 valence electrons. The molecule has 1 saturated heterocycles. The second-order valence-corrected chi connectivity index (χ2v) is 3.09. The van der Waals surface area contributed by atoms with Gasteiger partial charge >= 0.3 is 0 Å². The van der Waals surface area contributed by atoms with E-state index < -0.39 is 0 Å². The third kappa shape index (κ3) is 1.66. The summed E-state index contributed by atoms with van der Waals surface area (Å²) >= 11 is 0. The molecule has 0 bridgehead atoms. The maximum absolute atomic E-state index is 11.7. The maximum atomic E-state index is 11.7. The molecule has 4 nitrogen and oxygen atoms in total. The monoisotopic (exact) mass is 177 g/mol. The van der Waals surface area contributed by atoms with Crippen molar-refractivity contribution in [2.75, 3.05) is 13.1 Å². The molecular formula is C9H11N3O. The van der Waals surface area contributed by atoms with Crippen LogP contribution in [0, 0.1) is 0 Å². The number of carbonyl (C=O) groups is 1. The Kier molecular flexibility index (Phi) is 2.21. The molecule has 1 fully saturated rings. The SMILES string of the molecule is O=C(c1ccncn1)N1CCCC1. The summed E-state index contributed by atoms with van der Waals surface area (Å²) in [5.41, 5.74) is 0.497. The molecule has 1 aliphatic heterocycles. The number of likely N-dealkylation sites (tertiary alicyclic amines) is 1. The number of aromatic nitrogens is 2. The number of carbonyl (C=O) groups excluding carboxylic acids is 1. The lowest BCUT2D eigenvalue weighted by Crippen LogP contribution is -2.28. The van der Waals surface area contributed by atoms with Gasteiger partial charge in [-0.3, -0.25) is 4.79 Å². The number of hydrogen-bond donors (Lipinski definition) is 0. The highest BCUT2D eigenvalue weighted by Gasteiger charge is 2.19. The van der Waals surface area contributed by atoms with E-state index in [-0.39, 0.29) is 5.91 Å². The van der Waals surface area contributed by atoms with Crippen LogP contribution in [0.4, 0.5) is 0 Å². The van der Waals surface area contributed by atoms with Crippen molar-refractivity contribution >= 4 is 5.91 Å². The van der Waals surface area contributed by atoms with Crippen molar-refractivity contribution < 1.29 is 4.79 Å². The Morgan fingerprint density at radius 1 is 1.38 bits per heavy atom. The van der Waals surface area contributed by atoms with Crippen molar-refractivity contribution in [2.24, 2.45) is 0 Å². The summed E-state index contributed by atoms with van der Waals surface area (Å²) in [6.45, 7) is 1.73. The van der Waals surface area contributed by atoms with Crippen LogP contribution >= 0.6 is 0 Å². The van der Waals surface area contributed by atoms with Crippen LogP contribution in [0.5, 0.6) is 0 Å². The lowest BCUT2D eigenvalue weighted by atomic mass is 10.3. The summed E-state index contributed by atoms with van der Waals surface area (Å²) in [4.78, 5) is 21.2. The number of rotatable bonds is 1. The fourth-order valence-electron chi connectivity index (χ4n) is 1.50. The molecule has 1 aromatic rings. The van der Waals surface area contributed by atoms with E-state index in [0.29, 0.717) is 5.69 Å². The first kappa shape index (κ1) is 8.16. The first-order chi connectivity index (χ1) is 6.38. The van der Waals surface area contributed by atoms with Crippen molar-refractivity contribution in [2.45, 2.75) is 12.8 Å². The van der Waals surface area contributed by atoms with Gasteiger partial charge in [0.15, 0.2) is 0 Å². The quantitative estimate of drug-likeness (QED) is 0.634. The Hall–Kier alpha value is -1.45. The third-order valence-corrected chi connectivity index (χ3v) is 2.19. The Morgan fingerprint density at radius 3 is 2.77 bits per heavy atom. The number of amides is 1. The fraction of sp³-hybridized carbons (Fsp3) is 0.444. The molecular weight excluding hydrogens is 166 g/mol. The van der Waals surface area contributed by atoms with Gasteiger partial charge in [0.1, 0.15) is 12.0 Å². The van der Waals surface area contributed by atoms with Gasteiger partial charge in [0.25, 0.3) is 5.91 Å². The summed E-state index contributed by atoms with van der Waals surface area (Å²) in [6, 6.07) is 1.65. The van der Waals surface area contributed by atoms with E-state index in [1.165, 1.54) is 6.33 Å². The molecule has 13 heavy (non-hydrogen) atoms. The fourth-order valence-corrected chi connectivity index (χ4v) is 1.50. The van der Waals surface area contributed by atoms with Crippen LogP contribution < -0.4 is 0 Å². The second kappa shape index (κ2) is 3.51. The lowest BCUT2D eigenvalue weighted by molar-refractivity contribution is 0.0787. The van der Waals surface area contributed by atoms with Gasteiger partial charge in [-0.1, -0.05) is 0 Å². The van der Waals surface area contributed by atoms with E-state index in [0.717, 1.165) is 25.9 Å². The molecule has 0 unspecified atom stereocenters. The van der Waals surface area contributed by atoms with E-state index in [9.17, 15) is 4.79 Å². The largest absolute Gasteiger partial charge is 0.337 e. The molecule has 0 saturated carbocycles. The molecule has 2 heterocycles. The highest BCUT2D eigenvalue weighted by molar-refractivity contribution is 5.92. The molecule has 4 heteroatoms. The average molecular weight is 177 g/mol. The molecule has 0 N–H and O–H groups in total. The van der Waals surface area contributed by atoms with Crippen molar-refractivity contribution in [1.82, 2.24) is 14.9 Å². The molecule has 1 aromatic heterocycles. The van der Waals surface area contributed by atoms with Crippen LogP contribution in [0.2, 0.25) is 0 Å². The minimum absolute atomic E-state index is 0.0277. The van der Waals surface area contributed by atoms with Gasteiger partial charge in [0, 0.05) is 19.3 Å².